The first-order chi connectivity index (χ1) is 9.57. The predicted molar refractivity (Wildman–Crippen MR) is 78.8 cm³/mol. The van der Waals surface area contributed by atoms with Crippen LogP contribution in [0, 0.1) is 6.92 Å². The first-order valence-corrected chi connectivity index (χ1v) is 7.90. The van der Waals surface area contributed by atoms with Crippen molar-refractivity contribution in [2.24, 2.45) is 0 Å². The summed E-state index contributed by atoms with van der Waals surface area (Å²) in [6.45, 7) is 2.64. The van der Waals surface area contributed by atoms with Crippen LogP contribution in [0.25, 0.3) is 0 Å². The summed E-state index contributed by atoms with van der Waals surface area (Å²) in [5, 5.41) is 3.15. The van der Waals surface area contributed by atoms with Crippen molar-refractivity contribution < 1.29 is 8.42 Å². The van der Waals surface area contributed by atoms with Crippen molar-refractivity contribution in [1.29, 1.82) is 0 Å². The Morgan fingerprint density at radius 3 is 2.50 bits per heavy atom. The summed E-state index contributed by atoms with van der Waals surface area (Å²) in [4.78, 5) is 0.337. The number of sulfonamides is 1. The van der Waals surface area contributed by atoms with Crippen LogP contribution < -0.4 is 5.32 Å². The van der Waals surface area contributed by atoms with Gasteiger partial charge >= 0.3 is 0 Å². The lowest BCUT2D eigenvalue weighted by atomic mass is 10.1. The van der Waals surface area contributed by atoms with Crippen LogP contribution in [0.1, 0.15) is 11.1 Å². The molecule has 0 bridgehead atoms. The van der Waals surface area contributed by atoms with Gasteiger partial charge in [0.05, 0.1) is 11.6 Å². The number of aryl methyl sites for hydroxylation is 1. The molecule has 1 heterocycles. The Kier molecular flexibility index (Phi) is 3.23. The highest BCUT2D eigenvalue weighted by atomic mass is 32.2. The Hall–Kier alpha value is -1.85. The van der Waals surface area contributed by atoms with Gasteiger partial charge in [0, 0.05) is 12.2 Å². The summed E-state index contributed by atoms with van der Waals surface area (Å²) in [7, 11) is -3.45. The quantitative estimate of drug-likeness (QED) is 0.924. The van der Waals surface area contributed by atoms with Gasteiger partial charge in [0.25, 0.3) is 0 Å². The Balaban J connectivity index is 1.92. The number of fused-ring (bicyclic) bond motifs is 1. The summed E-state index contributed by atoms with van der Waals surface area (Å²) in [5.74, 6) is 0. The highest BCUT2D eigenvalue weighted by Gasteiger charge is 2.27. The van der Waals surface area contributed by atoms with Gasteiger partial charge in [-0.1, -0.05) is 35.9 Å². The van der Waals surface area contributed by atoms with E-state index in [1.165, 1.54) is 4.31 Å². The van der Waals surface area contributed by atoms with E-state index >= 15 is 0 Å². The van der Waals surface area contributed by atoms with E-state index in [-0.39, 0.29) is 0 Å². The van der Waals surface area contributed by atoms with Crippen molar-refractivity contribution >= 4 is 15.7 Å². The van der Waals surface area contributed by atoms with Gasteiger partial charge in [0.1, 0.15) is 0 Å². The maximum Gasteiger partial charge on any atom is 0.244 e. The van der Waals surface area contributed by atoms with Crippen LogP contribution in [-0.4, -0.2) is 19.4 Å². The van der Waals surface area contributed by atoms with Gasteiger partial charge in [-0.2, -0.15) is 4.31 Å². The molecule has 3 rings (SSSR count). The third kappa shape index (κ3) is 2.30. The standard InChI is InChI=1S/C15H16N2O2S/c1-12-6-8-14(9-7-12)20(18,19)17-10-13-4-2-3-5-15(13)16-11-17/h2-9,16H,10-11H2,1H3. The van der Waals surface area contributed by atoms with Crippen molar-refractivity contribution in [3.63, 3.8) is 0 Å². The molecule has 104 valence electrons. The summed E-state index contributed by atoms with van der Waals surface area (Å²) in [6, 6.07) is 14.7. The fourth-order valence-electron chi connectivity index (χ4n) is 2.28. The van der Waals surface area contributed by atoms with Gasteiger partial charge in [0.2, 0.25) is 10.0 Å². The van der Waals surface area contributed by atoms with E-state index in [4.69, 9.17) is 0 Å². The van der Waals surface area contributed by atoms with E-state index in [0.717, 1.165) is 16.8 Å². The van der Waals surface area contributed by atoms with Gasteiger partial charge in [-0.25, -0.2) is 8.42 Å². The number of hydrogen-bond acceptors (Lipinski definition) is 3. The zero-order valence-corrected chi connectivity index (χ0v) is 12.0. The van der Waals surface area contributed by atoms with Gasteiger partial charge in [-0.15, -0.1) is 0 Å². The molecular formula is C15H16N2O2S. The number of rotatable bonds is 2. The highest BCUT2D eigenvalue weighted by molar-refractivity contribution is 7.89. The van der Waals surface area contributed by atoms with E-state index in [0.29, 0.717) is 18.1 Å². The molecule has 0 aliphatic carbocycles. The number of benzene rings is 2. The Morgan fingerprint density at radius 1 is 1.05 bits per heavy atom. The molecule has 1 aliphatic heterocycles. The highest BCUT2D eigenvalue weighted by Crippen LogP contribution is 2.26. The molecule has 0 radical (unpaired) electrons. The number of nitrogens with one attached hydrogen (secondary N) is 1. The zero-order valence-electron chi connectivity index (χ0n) is 11.2. The molecule has 0 amide bonds. The van der Waals surface area contributed by atoms with Crippen LogP contribution >= 0.6 is 0 Å². The van der Waals surface area contributed by atoms with E-state index in [1.54, 1.807) is 12.1 Å². The van der Waals surface area contributed by atoms with Gasteiger partial charge < -0.3 is 5.32 Å². The molecular weight excluding hydrogens is 272 g/mol. The van der Waals surface area contributed by atoms with Crippen molar-refractivity contribution in [2.45, 2.75) is 18.4 Å². The third-order valence-electron chi connectivity index (χ3n) is 3.47. The molecule has 2 aromatic rings. The molecule has 0 fully saturated rings. The van der Waals surface area contributed by atoms with Gasteiger partial charge in [-0.05, 0) is 30.7 Å². The molecule has 2 aromatic carbocycles. The number of para-hydroxylation sites is 1. The summed E-state index contributed by atoms with van der Waals surface area (Å²) < 4.78 is 26.6. The fourth-order valence-corrected chi connectivity index (χ4v) is 3.60. The lowest BCUT2D eigenvalue weighted by Gasteiger charge is -2.29. The second-order valence-electron chi connectivity index (χ2n) is 4.92. The monoisotopic (exact) mass is 288 g/mol. The lowest BCUT2D eigenvalue weighted by Crippen LogP contribution is -2.38. The van der Waals surface area contributed by atoms with E-state index in [9.17, 15) is 8.42 Å². The molecule has 0 spiro atoms. The Morgan fingerprint density at radius 2 is 1.75 bits per heavy atom. The molecule has 1 N–H and O–H groups in total. The first-order valence-electron chi connectivity index (χ1n) is 6.46. The molecule has 0 saturated heterocycles. The average molecular weight is 288 g/mol. The predicted octanol–water partition coefficient (Wildman–Crippen LogP) is 2.57. The number of anilines is 1. The SMILES string of the molecule is Cc1ccc(S(=O)(=O)N2CNc3ccccc3C2)cc1. The smallest absolute Gasteiger partial charge is 0.244 e. The average Bonchev–Trinajstić information content (AvgIpc) is 2.47. The molecule has 20 heavy (non-hydrogen) atoms. The van der Waals surface area contributed by atoms with Gasteiger partial charge in [0.15, 0.2) is 0 Å². The zero-order chi connectivity index (χ0) is 14.2. The van der Waals surface area contributed by atoms with Crippen molar-refractivity contribution in [3.8, 4) is 0 Å². The maximum atomic E-state index is 12.6. The van der Waals surface area contributed by atoms with E-state index in [2.05, 4.69) is 5.32 Å². The van der Waals surface area contributed by atoms with Crippen molar-refractivity contribution in [1.82, 2.24) is 4.31 Å². The van der Waals surface area contributed by atoms with Crippen molar-refractivity contribution in [3.05, 3.63) is 59.7 Å². The van der Waals surface area contributed by atoms with Crippen LogP contribution in [0.2, 0.25) is 0 Å². The number of nitrogens with zero attached hydrogens (tertiary/aromatic N) is 1. The second kappa shape index (κ2) is 4.92. The van der Waals surface area contributed by atoms with Crippen LogP contribution in [0.5, 0.6) is 0 Å². The summed E-state index contributed by atoms with van der Waals surface area (Å²) >= 11 is 0. The third-order valence-corrected chi connectivity index (χ3v) is 5.27. The molecule has 1 aliphatic rings. The molecule has 4 nitrogen and oxygen atoms in total. The normalized spacial score (nSPS) is 15.4. The second-order valence-corrected chi connectivity index (χ2v) is 6.86. The largest absolute Gasteiger partial charge is 0.371 e. The van der Waals surface area contributed by atoms with Gasteiger partial charge in [-0.3, -0.25) is 0 Å². The fraction of sp³-hybridized carbons (Fsp3) is 0.200. The molecule has 0 saturated carbocycles. The minimum atomic E-state index is -3.45. The van der Waals surface area contributed by atoms with Crippen LogP contribution in [0.3, 0.4) is 0 Å². The van der Waals surface area contributed by atoms with Crippen LogP contribution in [0.15, 0.2) is 53.4 Å². The Bertz CT molecular complexity index is 724. The summed E-state index contributed by atoms with van der Waals surface area (Å²) in [5.41, 5.74) is 3.04. The number of hydrogen-bond donors (Lipinski definition) is 1. The van der Waals surface area contributed by atoms with Crippen molar-refractivity contribution in [2.75, 3.05) is 12.0 Å². The minimum Gasteiger partial charge on any atom is -0.371 e. The topological polar surface area (TPSA) is 49.4 Å². The molecule has 0 unspecified atom stereocenters. The lowest BCUT2D eigenvalue weighted by molar-refractivity contribution is 0.418. The summed E-state index contributed by atoms with van der Waals surface area (Å²) in [6.07, 6.45) is 0. The molecule has 0 atom stereocenters. The van der Waals surface area contributed by atoms with E-state index in [1.807, 2.05) is 43.3 Å². The first kappa shape index (κ1) is 13.1. The molecule has 5 heteroatoms. The van der Waals surface area contributed by atoms with E-state index < -0.39 is 10.0 Å². The maximum absolute atomic E-state index is 12.6. The Labute approximate surface area is 119 Å². The molecule has 0 aromatic heterocycles. The van der Waals surface area contributed by atoms with Crippen LogP contribution in [0.4, 0.5) is 5.69 Å². The minimum absolute atomic E-state index is 0.299. The van der Waals surface area contributed by atoms with Crippen LogP contribution in [-0.2, 0) is 16.6 Å².